The molecule has 0 saturated heterocycles. The molecule has 0 unspecified atom stereocenters. The second kappa shape index (κ2) is 6.51. The number of rotatable bonds is 5. The van der Waals surface area contributed by atoms with Gasteiger partial charge in [0.25, 0.3) is 0 Å². The lowest BCUT2D eigenvalue weighted by Crippen LogP contribution is -1.91. The first-order chi connectivity index (χ1) is 7.77. The fourth-order valence-electron chi connectivity index (χ4n) is 1.23. The zero-order chi connectivity index (χ0) is 11.8. The second-order valence-corrected chi connectivity index (χ2v) is 3.33. The molecule has 0 aliphatic rings. The summed E-state index contributed by atoms with van der Waals surface area (Å²) < 4.78 is 0. The molecule has 0 aliphatic heterocycles. The summed E-state index contributed by atoms with van der Waals surface area (Å²) in [7, 11) is 1.77. The van der Waals surface area contributed by atoms with Crippen molar-refractivity contribution in [3.63, 3.8) is 0 Å². The predicted octanol–water partition coefficient (Wildman–Crippen LogP) is 3.08. The van der Waals surface area contributed by atoms with Crippen LogP contribution in [0.2, 0.25) is 0 Å². The Labute approximate surface area is 96.8 Å². The van der Waals surface area contributed by atoms with E-state index >= 15 is 0 Å². The molecular weight excluding hydrogens is 196 g/mol. The standard InChI is InChI=1S/C14H16N2/c1-4-12(2)5-6-13-8-10-16-11-14(13)7-9-15-3/h4-6,8-11H,1-2,7H2,3H3/b6-5-,15-9-. The average molecular weight is 212 g/mol. The van der Waals surface area contributed by atoms with Gasteiger partial charge in [0.1, 0.15) is 0 Å². The van der Waals surface area contributed by atoms with Crippen LogP contribution in [0.4, 0.5) is 0 Å². The monoisotopic (exact) mass is 212 g/mol. The van der Waals surface area contributed by atoms with E-state index in [2.05, 4.69) is 23.1 Å². The molecule has 0 radical (unpaired) electrons. The summed E-state index contributed by atoms with van der Waals surface area (Å²) in [5.74, 6) is 0. The molecular formula is C14H16N2. The summed E-state index contributed by atoms with van der Waals surface area (Å²) in [5, 5.41) is 0. The third-order valence-corrected chi connectivity index (χ3v) is 2.17. The highest BCUT2D eigenvalue weighted by molar-refractivity contribution is 5.66. The van der Waals surface area contributed by atoms with E-state index in [9.17, 15) is 0 Å². The molecule has 0 amide bonds. The molecule has 0 fully saturated rings. The maximum Gasteiger partial charge on any atom is 0.0309 e. The lowest BCUT2D eigenvalue weighted by atomic mass is 10.1. The Hall–Kier alpha value is -1.96. The van der Waals surface area contributed by atoms with E-state index in [1.165, 1.54) is 0 Å². The van der Waals surface area contributed by atoms with Gasteiger partial charge in [0.2, 0.25) is 0 Å². The van der Waals surface area contributed by atoms with E-state index in [4.69, 9.17) is 0 Å². The molecule has 1 aromatic rings. The van der Waals surface area contributed by atoms with Crippen molar-refractivity contribution in [3.8, 4) is 0 Å². The van der Waals surface area contributed by atoms with Gasteiger partial charge < -0.3 is 4.99 Å². The van der Waals surface area contributed by atoms with Gasteiger partial charge in [-0.1, -0.05) is 31.4 Å². The smallest absolute Gasteiger partial charge is 0.0309 e. The first-order valence-corrected chi connectivity index (χ1v) is 5.11. The molecule has 1 aromatic heterocycles. The molecule has 0 aliphatic carbocycles. The Morgan fingerprint density at radius 1 is 1.56 bits per heavy atom. The van der Waals surface area contributed by atoms with E-state index in [1.807, 2.05) is 30.6 Å². The van der Waals surface area contributed by atoms with Gasteiger partial charge >= 0.3 is 0 Å². The first-order valence-electron chi connectivity index (χ1n) is 5.11. The third-order valence-electron chi connectivity index (χ3n) is 2.17. The Bertz CT molecular complexity index is 428. The Balaban J connectivity index is 2.90. The molecule has 2 heteroatoms. The van der Waals surface area contributed by atoms with Crippen LogP contribution in [0, 0.1) is 0 Å². The van der Waals surface area contributed by atoms with Crippen LogP contribution in [0.3, 0.4) is 0 Å². The van der Waals surface area contributed by atoms with Crippen LogP contribution in [-0.2, 0) is 6.42 Å². The molecule has 0 atom stereocenters. The number of hydrogen-bond acceptors (Lipinski definition) is 2. The molecule has 0 spiro atoms. The summed E-state index contributed by atoms with van der Waals surface area (Å²) in [4.78, 5) is 8.08. The molecule has 1 rings (SSSR count). The normalized spacial score (nSPS) is 11.1. The van der Waals surface area contributed by atoms with Gasteiger partial charge in [-0.25, -0.2) is 0 Å². The number of aromatic nitrogens is 1. The minimum absolute atomic E-state index is 0.796. The van der Waals surface area contributed by atoms with Gasteiger partial charge in [-0.05, 0) is 22.8 Å². The maximum atomic E-state index is 4.11. The summed E-state index contributed by atoms with van der Waals surface area (Å²) in [5.41, 5.74) is 3.19. The largest absolute Gasteiger partial charge is 0.301 e. The van der Waals surface area contributed by atoms with Crippen LogP contribution in [0.15, 0.2) is 54.3 Å². The number of nitrogens with zero attached hydrogens (tertiary/aromatic N) is 2. The molecule has 16 heavy (non-hydrogen) atoms. The van der Waals surface area contributed by atoms with Gasteiger partial charge in [-0.2, -0.15) is 0 Å². The number of hydrogen-bond donors (Lipinski definition) is 0. The van der Waals surface area contributed by atoms with Crippen LogP contribution in [-0.4, -0.2) is 18.2 Å². The van der Waals surface area contributed by atoms with Gasteiger partial charge in [-0.3, -0.25) is 4.98 Å². The van der Waals surface area contributed by atoms with E-state index in [-0.39, 0.29) is 0 Å². The highest BCUT2D eigenvalue weighted by Crippen LogP contribution is 2.10. The molecule has 1 heterocycles. The molecule has 0 aromatic carbocycles. The molecule has 82 valence electrons. The van der Waals surface area contributed by atoms with Crippen LogP contribution >= 0.6 is 0 Å². The van der Waals surface area contributed by atoms with Crippen molar-refractivity contribution in [2.45, 2.75) is 6.42 Å². The molecule has 0 N–H and O–H groups in total. The van der Waals surface area contributed by atoms with Gasteiger partial charge in [0.15, 0.2) is 0 Å². The number of pyridine rings is 1. The van der Waals surface area contributed by atoms with E-state index < -0.39 is 0 Å². The van der Waals surface area contributed by atoms with Crippen molar-refractivity contribution in [3.05, 3.63) is 60.5 Å². The third kappa shape index (κ3) is 3.65. The molecule has 2 nitrogen and oxygen atoms in total. The van der Waals surface area contributed by atoms with E-state index in [0.717, 1.165) is 23.1 Å². The van der Waals surface area contributed by atoms with Gasteiger partial charge in [-0.15, -0.1) is 0 Å². The highest BCUT2D eigenvalue weighted by Gasteiger charge is 1.96. The van der Waals surface area contributed by atoms with Gasteiger partial charge in [0, 0.05) is 32.1 Å². The lowest BCUT2D eigenvalue weighted by molar-refractivity contribution is 1.21. The van der Waals surface area contributed by atoms with E-state index in [1.54, 1.807) is 19.3 Å². The fourth-order valence-corrected chi connectivity index (χ4v) is 1.23. The summed E-state index contributed by atoms with van der Waals surface area (Å²) in [6.07, 6.45) is 12.0. The summed E-state index contributed by atoms with van der Waals surface area (Å²) in [6, 6.07) is 1.98. The fraction of sp³-hybridized carbons (Fsp3) is 0.143. The maximum absolute atomic E-state index is 4.11. The van der Waals surface area contributed by atoms with Crippen molar-refractivity contribution in [2.24, 2.45) is 4.99 Å². The number of aliphatic imine (C=N–C) groups is 1. The zero-order valence-corrected chi connectivity index (χ0v) is 9.56. The summed E-state index contributed by atoms with van der Waals surface area (Å²) in [6.45, 7) is 7.49. The quantitative estimate of drug-likeness (QED) is 0.544. The minimum Gasteiger partial charge on any atom is -0.301 e. The molecule has 0 bridgehead atoms. The zero-order valence-electron chi connectivity index (χ0n) is 9.56. The highest BCUT2D eigenvalue weighted by atomic mass is 14.6. The van der Waals surface area contributed by atoms with Crippen molar-refractivity contribution >= 4 is 12.3 Å². The van der Waals surface area contributed by atoms with Crippen molar-refractivity contribution in [2.75, 3.05) is 7.05 Å². The van der Waals surface area contributed by atoms with Crippen LogP contribution in [0.1, 0.15) is 11.1 Å². The first kappa shape index (κ1) is 12.1. The topological polar surface area (TPSA) is 25.2 Å². The SMILES string of the molecule is C=CC(=C)/C=C\c1ccncc1C/C=N\C. The number of allylic oxidation sites excluding steroid dienone is 3. The van der Waals surface area contributed by atoms with Crippen molar-refractivity contribution in [1.29, 1.82) is 0 Å². The average Bonchev–Trinajstić information content (AvgIpc) is 2.34. The Kier molecular flexibility index (Phi) is 4.93. The van der Waals surface area contributed by atoms with Crippen LogP contribution < -0.4 is 0 Å². The Morgan fingerprint density at radius 3 is 3.06 bits per heavy atom. The van der Waals surface area contributed by atoms with Crippen LogP contribution in [0.25, 0.3) is 6.08 Å². The second-order valence-electron chi connectivity index (χ2n) is 3.33. The van der Waals surface area contributed by atoms with Crippen molar-refractivity contribution in [1.82, 2.24) is 4.98 Å². The van der Waals surface area contributed by atoms with E-state index in [0.29, 0.717) is 0 Å². The predicted molar refractivity (Wildman–Crippen MR) is 70.7 cm³/mol. The summed E-state index contributed by atoms with van der Waals surface area (Å²) >= 11 is 0. The molecule has 0 saturated carbocycles. The minimum atomic E-state index is 0.796. The Morgan fingerprint density at radius 2 is 2.38 bits per heavy atom. The van der Waals surface area contributed by atoms with Gasteiger partial charge in [0.05, 0.1) is 0 Å². The van der Waals surface area contributed by atoms with Crippen molar-refractivity contribution < 1.29 is 0 Å². The lowest BCUT2D eigenvalue weighted by Gasteiger charge is -2.01. The van der Waals surface area contributed by atoms with Crippen LogP contribution in [0.5, 0.6) is 0 Å².